The molecule has 0 bridgehead atoms. The summed E-state index contributed by atoms with van der Waals surface area (Å²) in [4.78, 5) is 6.92. The van der Waals surface area contributed by atoms with Crippen LogP contribution in [0.15, 0.2) is 48.5 Å². The standard InChI is InChI=1S/C16H21N3/c1-3-17-15-11-8-12-16(18-15)19(4-2)13-14-9-6-5-7-10-14/h5-12H,3-4,13H2,1-2H3,(H,17,18). The highest BCUT2D eigenvalue weighted by atomic mass is 15.2. The van der Waals surface area contributed by atoms with Gasteiger partial charge in [-0.3, -0.25) is 0 Å². The average Bonchev–Trinajstić information content (AvgIpc) is 2.46. The molecule has 0 aliphatic rings. The van der Waals surface area contributed by atoms with E-state index < -0.39 is 0 Å². The second kappa shape index (κ2) is 6.78. The summed E-state index contributed by atoms with van der Waals surface area (Å²) in [5.74, 6) is 1.95. The molecule has 0 aliphatic heterocycles. The van der Waals surface area contributed by atoms with Gasteiger partial charge in [-0.15, -0.1) is 0 Å². The lowest BCUT2D eigenvalue weighted by Crippen LogP contribution is -2.23. The molecule has 0 amide bonds. The highest BCUT2D eigenvalue weighted by Crippen LogP contribution is 2.16. The number of pyridine rings is 1. The second-order valence-electron chi connectivity index (χ2n) is 4.41. The third kappa shape index (κ3) is 3.71. The van der Waals surface area contributed by atoms with Gasteiger partial charge in [0.05, 0.1) is 0 Å². The van der Waals surface area contributed by atoms with E-state index in [2.05, 4.69) is 59.4 Å². The maximum Gasteiger partial charge on any atom is 0.131 e. The lowest BCUT2D eigenvalue weighted by Gasteiger charge is -2.22. The molecule has 1 aromatic carbocycles. The molecule has 0 radical (unpaired) electrons. The van der Waals surface area contributed by atoms with Gasteiger partial charge in [-0.1, -0.05) is 36.4 Å². The summed E-state index contributed by atoms with van der Waals surface area (Å²) in [6.45, 7) is 6.96. The minimum absolute atomic E-state index is 0.889. The lowest BCUT2D eigenvalue weighted by molar-refractivity contribution is 0.814. The largest absolute Gasteiger partial charge is 0.370 e. The Kier molecular flexibility index (Phi) is 4.78. The summed E-state index contributed by atoms with van der Waals surface area (Å²) >= 11 is 0. The Labute approximate surface area is 115 Å². The highest BCUT2D eigenvalue weighted by molar-refractivity contribution is 5.47. The molecule has 3 nitrogen and oxygen atoms in total. The van der Waals surface area contributed by atoms with Gasteiger partial charge in [0, 0.05) is 19.6 Å². The van der Waals surface area contributed by atoms with E-state index in [9.17, 15) is 0 Å². The summed E-state index contributed by atoms with van der Waals surface area (Å²) in [5.41, 5.74) is 1.31. The first kappa shape index (κ1) is 13.4. The quantitative estimate of drug-likeness (QED) is 0.855. The molecule has 1 N–H and O–H groups in total. The molecule has 0 fully saturated rings. The molecule has 0 unspecified atom stereocenters. The predicted molar refractivity (Wildman–Crippen MR) is 81.6 cm³/mol. The summed E-state index contributed by atoms with van der Waals surface area (Å²) < 4.78 is 0. The molecule has 0 aliphatic carbocycles. The van der Waals surface area contributed by atoms with E-state index in [-0.39, 0.29) is 0 Å². The lowest BCUT2D eigenvalue weighted by atomic mass is 10.2. The van der Waals surface area contributed by atoms with Crippen molar-refractivity contribution in [2.24, 2.45) is 0 Å². The van der Waals surface area contributed by atoms with Crippen LogP contribution in [0.4, 0.5) is 11.6 Å². The zero-order valence-corrected chi connectivity index (χ0v) is 11.6. The van der Waals surface area contributed by atoms with E-state index in [4.69, 9.17) is 0 Å². The van der Waals surface area contributed by atoms with Crippen molar-refractivity contribution >= 4 is 11.6 Å². The normalized spacial score (nSPS) is 10.2. The molecule has 0 atom stereocenters. The van der Waals surface area contributed by atoms with Gasteiger partial charge in [-0.25, -0.2) is 4.98 Å². The number of hydrogen-bond acceptors (Lipinski definition) is 3. The average molecular weight is 255 g/mol. The van der Waals surface area contributed by atoms with Crippen LogP contribution in [-0.4, -0.2) is 18.1 Å². The maximum absolute atomic E-state index is 4.64. The number of hydrogen-bond donors (Lipinski definition) is 1. The van der Waals surface area contributed by atoms with E-state index in [0.717, 1.165) is 31.3 Å². The first-order valence-electron chi connectivity index (χ1n) is 6.83. The van der Waals surface area contributed by atoms with E-state index in [1.54, 1.807) is 0 Å². The smallest absolute Gasteiger partial charge is 0.131 e. The van der Waals surface area contributed by atoms with E-state index in [1.165, 1.54) is 5.56 Å². The molecule has 100 valence electrons. The van der Waals surface area contributed by atoms with Crippen LogP contribution < -0.4 is 10.2 Å². The highest BCUT2D eigenvalue weighted by Gasteiger charge is 2.07. The third-order valence-electron chi connectivity index (χ3n) is 3.01. The fraction of sp³-hybridized carbons (Fsp3) is 0.312. The monoisotopic (exact) mass is 255 g/mol. The van der Waals surface area contributed by atoms with Crippen molar-refractivity contribution in [3.8, 4) is 0 Å². The Morgan fingerprint density at radius 2 is 1.79 bits per heavy atom. The number of anilines is 2. The third-order valence-corrected chi connectivity index (χ3v) is 3.01. The van der Waals surface area contributed by atoms with Crippen LogP contribution in [0.3, 0.4) is 0 Å². The second-order valence-corrected chi connectivity index (χ2v) is 4.41. The molecule has 2 aromatic rings. The van der Waals surface area contributed by atoms with Crippen molar-refractivity contribution in [2.75, 3.05) is 23.3 Å². The fourth-order valence-corrected chi connectivity index (χ4v) is 2.04. The van der Waals surface area contributed by atoms with Gasteiger partial charge in [-0.2, -0.15) is 0 Å². The van der Waals surface area contributed by atoms with Gasteiger partial charge in [0.1, 0.15) is 11.6 Å². The Balaban J connectivity index is 2.15. The van der Waals surface area contributed by atoms with Gasteiger partial charge in [0.2, 0.25) is 0 Å². The van der Waals surface area contributed by atoms with Gasteiger partial charge in [-0.05, 0) is 31.5 Å². The van der Waals surface area contributed by atoms with Crippen LogP contribution in [0.5, 0.6) is 0 Å². The SMILES string of the molecule is CCNc1cccc(N(CC)Cc2ccccc2)n1. The summed E-state index contributed by atoms with van der Waals surface area (Å²) in [5, 5.41) is 3.25. The van der Waals surface area contributed by atoms with E-state index >= 15 is 0 Å². The van der Waals surface area contributed by atoms with Crippen LogP contribution in [0.2, 0.25) is 0 Å². The van der Waals surface area contributed by atoms with Crippen LogP contribution in [-0.2, 0) is 6.54 Å². The molecule has 3 heteroatoms. The maximum atomic E-state index is 4.64. The first-order chi connectivity index (χ1) is 9.33. The van der Waals surface area contributed by atoms with Gasteiger partial charge >= 0.3 is 0 Å². The van der Waals surface area contributed by atoms with Crippen molar-refractivity contribution in [1.82, 2.24) is 4.98 Å². The van der Waals surface area contributed by atoms with Gasteiger partial charge in [0.15, 0.2) is 0 Å². The first-order valence-corrected chi connectivity index (χ1v) is 6.83. The van der Waals surface area contributed by atoms with Crippen LogP contribution in [0.25, 0.3) is 0 Å². The number of aromatic nitrogens is 1. The summed E-state index contributed by atoms with van der Waals surface area (Å²) in [6.07, 6.45) is 0. The summed E-state index contributed by atoms with van der Waals surface area (Å²) in [6, 6.07) is 16.6. The Morgan fingerprint density at radius 1 is 1.00 bits per heavy atom. The molecule has 0 saturated carbocycles. The van der Waals surface area contributed by atoms with Crippen molar-refractivity contribution < 1.29 is 0 Å². The van der Waals surface area contributed by atoms with Crippen LogP contribution in [0, 0.1) is 0 Å². The fourth-order valence-electron chi connectivity index (χ4n) is 2.04. The predicted octanol–water partition coefficient (Wildman–Crippen LogP) is 3.54. The molecule has 1 heterocycles. The molecule has 0 spiro atoms. The zero-order valence-electron chi connectivity index (χ0n) is 11.6. The topological polar surface area (TPSA) is 28.2 Å². The van der Waals surface area contributed by atoms with Crippen molar-refractivity contribution in [1.29, 1.82) is 0 Å². The van der Waals surface area contributed by atoms with Gasteiger partial charge in [0.25, 0.3) is 0 Å². The minimum Gasteiger partial charge on any atom is -0.370 e. The van der Waals surface area contributed by atoms with E-state index in [1.807, 2.05) is 18.2 Å². The Bertz CT molecular complexity index is 496. The zero-order chi connectivity index (χ0) is 13.5. The van der Waals surface area contributed by atoms with Crippen LogP contribution in [0.1, 0.15) is 19.4 Å². The van der Waals surface area contributed by atoms with E-state index in [0.29, 0.717) is 0 Å². The number of rotatable bonds is 6. The molecular weight excluding hydrogens is 234 g/mol. The molecule has 2 rings (SSSR count). The number of nitrogens with zero attached hydrogens (tertiary/aromatic N) is 2. The summed E-state index contributed by atoms with van der Waals surface area (Å²) in [7, 11) is 0. The van der Waals surface area contributed by atoms with Gasteiger partial charge < -0.3 is 10.2 Å². The Morgan fingerprint density at radius 3 is 2.47 bits per heavy atom. The molecule has 19 heavy (non-hydrogen) atoms. The molecular formula is C16H21N3. The minimum atomic E-state index is 0.889. The van der Waals surface area contributed by atoms with Crippen molar-refractivity contribution in [3.63, 3.8) is 0 Å². The molecule has 0 saturated heterocycles. The van der Waals surface area contributed by atoms with Crippen LogP contribution >= 0.6 is 0 Å². The van der Waals surface area contributed by atoms with Crippen molar-refractivity contribution in [3.05, 3.63) is 54.1 Å². The number of nitrogens with one attached hydrogen (secondary N) is 1. The Hall–Kier alpha value is -2.03. The van der Waals surface area contributed by atoms with Crippen molar-refractivity contribution in [2.45, 2.75) is 20.4 Å². The number of benzene rings is 1. The molecule has 1 aromatic heterocycles.